The summed E-state index contributed by atoms with van der Waals surface area (Å²) in [5, 5.41) is 9.20. The van der Waals surface area contributed by atoms with Crippen LogP contribution in [0.2, 0.25) is 0 Å². The number of aliphatic hydroxyl groups is 1. The number of aromatic amines is 1. The van der Waals surface area contributed by atoms with E-state index in [9.17, 15) is 9.50 Å². The van der Waals surface area contributed by atoms with E-state index in [1.165, 1.54) is 12.1 Å². The Balaban J connectivity index is 2.40. The first kappa shape index (κ1) is 14.9. The molecule has 1 heterocycles. The molecule has 110 valence electrons. The number of imidazole rings is 1. The number of aromatic nitrogens is 2. The number of hydrogen-bond acceptors (Lipinski definition) is 3. The van der Waals surface area contributed by atoms with E-state index in [1.807, 2.05) is 0 Å². The number of nitrogens with zero attached hydrogens (tertiary/aromatic N) is 2. The molecule has 5 heteroatoms. The minimum Gasteiger partial charge on any atom is -0.395 e. The van der Waals surface area contributed by atoms with E-state index >= 15 is 0 Å². The Morgan fingerprint density at radius 1 is 1.40 bits per heavy atom. The van der Waals surface area contributed by atoms with Crippen LogP contribution in [-0.2, 0) is 0 Å². The monoisotopic (exact) mass is 279 g/mol. The van der Waals surface area contributed by atoms with Crippen molar-refractivity contribution in [1.82, 2.24) is 14.9 Å². The molecule has 0 saturated carbocycles. The molecule has 1 unspecified atom stereocenters. The minimum atomic E-state index is -0.267. The van der Waals surface area contributed by atoms with E-state index in [1.54, 1.807) is 6.07 Å². The molecule has 0 radical (unpaired) electrons. The first-order chi connectivity index (χ1) is 9.56. The quantitative estimate of drug-likeness (QED) is 0.855. The van der Waals surface area contributed by atoms with Crippen LogP contribution in [-0.4, -0.2) is 39.7 Å². The Morgan fingerprint density at radius 2 is 2.15 bits per heavy atom. The first-order valence-electron chi connectivity index (χ1n) is 7.06. The lowest BCUT2D eigenvalue weighted by Crippen LogP contribution is -2.34. The largest absolute Gasteiger partial charge is 0.395 e. The smallest absolute Gasteiger partial charge is 0.125 e. The average Bonchev–Trinajstić information content (AvgIpc) is 2.79. The maximum absolute atomic E-state index is 13.3. The van der Waals surface area contributed by atoms with Crippen LogP contribution in [0.15, 0.2) is 18.2 Å². The number of nitrogens with one attached hydrogen (secondary N) is 1. The second-order valence-electron chi connectivity index (χ2n) is 5.32. The van der Waals surface area contributed by atoms with E-state index in [4.69, 9.17) is 0 Å². The fraction of sp³-hybridized carbons (Fsp3) is 0.533. The van der Waals surface area contributed by atoms with Crippen LogP contribution in [0.5, 0.6) is 0 Å². The highest BCUT2D eigenvalue weighted by atomic mass is 19.1. The van der Waals surface area contributed by atoms with Gasteiger partial charge in [-0.2, -0.15) is 0 Å². The van der Waals surface area contributed by atoms with Crippen molar-refractivity contribution in [2.75, 3.05) is 19.7 Å². The molecule has 0 saturated heterocycles. The van der Waals surface area contributed by atoms with Gasteiger partial charge in [0.2, 0.25) is 0 Å². The maximum Gasteiger partial charge on any atom is 0.125 e. The van der Waals surface area contributed by atoms with E-state index in [-0.39, 0.29) is 18.5 Å². The summed E-state index contributed by atoms with van der Waals surface area (Å²) in [7, 11) is 0. The van der Waals surface area contributed by atoms with Gasteiger partial charge in [0.1, 0.15) is 11.6 Å². The highest BCUT2D eigenvalue weighted by Crippen LogP contribution is 2.28. The second kappa shape index (κ2) is 6.33. The number of H-pyrrole nitrogens is 1. The van der Waals surface area contributed by atoms with Crippen molar-refractivity contribution in [2.45, 2.75) is 26.8 Å². The SMILES string of the molecule is CCN(CCO)C(c1nc2ccc(F)cc2[nH]1)C(C)C. The van der Waals surface area contributed by atoms with Crippen molar-refractivity contribution in [3.05, 3.63) is 29.8 Å². The third-order valence-electron chi connectivity index (χ3n) is 3.56. The number of aliphatic hydroxyl groups excluding tert-OH is 1. The summed E-state index contributed by atoms with van der Waals surface area (Å²) in [6, 6.07) is 4.65. The molecular formula is C15H22FN3O. The highest BCUT2D eigenvalue weighted by Gasteiger charge is 2.25. The van der Waals surface area contributed by atoms with Crippen molar-refractivity contribution in [3.8, 4) is 0 Å². The van der Waals surface area contributed by atoms with Gasteiger partial charge in [0.25, 0.3) is 0 Å². The van der Waals surface area contributed by atoms with Gasteiger partial charge < -0.3 is 10.1 Å². The number of halogens is 1. The lowest BCUT2D eigenvalue weighted by Gasteiger charge is -2.31. The van der Waals surface area contributed by atoms with Crippen molar-refractivity contribution >= 4 is 11.0 Å². The van der Waals surface area contributed by atoms with Crippen LogP contribution in [0, 0.1) is 11.7 Å². The van der Waals surface area contributed by atoms with Gasteiger partial charge in [-0.3, -0.25) is 4.90 Å². The Bertz CT molecular complexity index is 567. The molecular weight excluding hydrogens is 257 g/mol. The summed E-state index contributed by atoms with van der Waals surface area (Å²) in [5.41, 5.74) is 1.48. The van der Waals surface area contributed by atoms with Crippen LogP contribution >= 0.6 is 0 Å². The normalized spacial score (nSPS) is 13.6. The standard InChI is InChI=1S/C15H22FN3O/c1-4-19(7-8-20)14(10(2)3)15-17-12-6-5-11(16)9-13(12)18-15/h5-6,9-10,14,20H,4,7-8H2,1-3H3,(H,17,18). The summed E-state index contributed by atoms with van der Waals surface area (Å²) in [6.07, 6.45) is 0. The van der Waals surface area contributed by atoms with Gasteiger partial charge in [0.05, 0.1) is 23.7 Å². The Kier molecular flexibility index (Phi) is 4.73. The second-order valence-corrected chi connectivity index (χ2v) is 5.32. The van der Waals surface area contributed by atoms with Crippen LogP contribution < -0.4 is 0 Å². The predicted molar refractivity (Wildman–Crippen MR) is 78.0 cm³/mol. The molecule has 0 aliphatic rings. The molecule has 0 amide bonds. The zero-order chi connectivity index (χ0) is 14.7. The van der Waals surface area contributed by atoms with Gasteiger partial charge in [-0.05, 0) is 30.7 Å². The van der Waals surface area contributed by atoms with Crippen LogP contribution in [0.1, 0.15) is 32.6 Å². The molecule has 4 nitrogen and oxygen atoms in total. The molecule has 0 spiro atoms. The average molecular weight is 279 g/mol. The van der Waals surface area contributed by atoms with Crippen LogP contribution in [0.4, 0.5) is 4.39 Å². The minimum absolute atomic E-state index is 0.0858. The third kappa shape index (κ3) is 2.99. The highest BCUT2D eigenvalue weighted by molar-refractivity contribution is 5.75. The molecule has 0 aliphatic heterocycles. The van der Waals surface area contributed by atoms with E-state index < -0.39 is 0 Å². The zero-order valence-electron chi connectivity index (χ0n) is 12.2. The van der Waals surface area contributed by atoms with E-state index in [2.05, 4.69) is 35.6 Å². The lowest BCUT2D eigenvalue weighted by atomic mass is 10.0. The maximum atomic E-state index is 13.3. The van der Waals surface area contributed by atoms with Crippen molar-refractivity contribution in [1.29, 1.82) is 0 Å². The molecule has 0 fully saturated rings. The van der Waals surface area contributed by atoms with Crippen molar-refractivity contribution in [3.63, 3.8) is 0 Å². The molecule has 1 aromatic heterocycles. The summed E-state index contributed by atoms with van der Waals surface area (Å²) in [4.78, 5) is 9.98. The fourth-order valence-corrected chi connectivity index (χ4v) is 2.67. The Hall–Kier alpha value is -1.46. The molecule has 20 heavy (non-hydrogen) atoms. The van der Waals surface area contributed by atoms with Gasteiger partial charge >= 0.3 is 0 Å². The third-order valence-corrected chi connectivity index (χ3v) is 3.56. The van der Waals surface area contributed by atoms with Gasteiger partial charge in [0, 0.05) is 6.54 Å². The zero-order valence-corrected chi connectivity index (χ0v) is 12.2. The molecule has 1 atom stereocenters. The topological polar surface area (TPSA) is 52.1 Å². The lowest BCUT2D eigenvalue weighted by molar-refractivity contribution is 0.123. The molecule has 0 bridgehead atoms. The molecule has 2 rings (SSSR count). The number of hydrogen-bond donors (Lipinski definition) is 2. The van der Waals surface area contributed by atoms with E-state index in [0.29, 0.717) is 18.0 Å². The van der Waals surface area contributed by atoms with Crippen molar-refractivity contribution < 1.29 is 9.50 Å². The fourth-order valence-electron chi connectivity index (χ4n) is 2.67. The van der Waals surface area contributed by atoms with Gasteiger partial charge in [-0.15, -0.1) is 0 Å². The number of benzene rings is 1. The van der Waals surface area contributed by atoms with Gasteiger partial charge in [0.15, 0.2) is 0 Å². The number of fused-ring (bicyclic) bond motifs is 1. The Labute approximate surface area is 118 Å². The molecule has 2 aromatic rings. The summed E-state index contributed by atoms with van der Waals surface area (Å²) in [6.45, 7) is 7.86. The van der Waals surface area contributed by atoms with Gasteiger partial charge in [-0.25, -0.2) is 9.37 Å². The molecule has 0 aliphatic carbocycles. The predicted octanol–water partition coefficient (Wildman–Crippen LogP) is 2.71. The first-order valence-corrected chi connectivity index (χ1v) is 7.06. The van der Waals surface area contributed by atoms with E-state index in [0.717, 1.165) is 17.9 Å². The van der Waals surface area contributed by atoms with Crippen LogP contribution in [0.3, 0.4) is 0 Å². The van der Waals surface area contributed by atoms with Gasteiger partial charge in [-0.1, -0.05) is 20.8 Å². The Morgan fingerprint density at radius 3 is 2.75 bits per heavy atom. The van der Waals surface area contributed by atoms with Crippen LogP contribution in [0.25, 0.3) is 11.0 Å². The summed E-state index contributed by atoms with van der Waals surface area (Å²) < 4.78 is 13.3. The summed E-state index contributed by atoms with van der Waals surface area (Å²) >= 11 is 0. The summed E-state index contributed by atoms with van der Waals surface area (Å²) in [5.74, 6) is 0.902. The number of rotatable bonds is 6. The van der Waals surface area contributed by atoms with Crippen molar-refractivity contribution in [2.24, 2.45) is 5.92 Å². The molecule has 1 aromatic carbocycles. The number of likely N-dealkylation sites (N-methyl/N-ethyl adjacent to an activating group) is 1. The molecule has 2 N–H and O–H groups in total.